The van der Waals surface area contributed by atoms with E-state index < -0.39 is 10.0 Å². The van der Waals surface area contributed by atoms with Crippen molar-refractivity contribution in [2.75, 3.05) is 18.4 Å². The quantitative estimate of drug-likeness (QED) is 0.538. The molecule has 0 atom stereocenters. The Hall–Kier alpha value is -2.71. The molecular formula is C23H30N4O3S. The number of aromatic nitrogens is 2. The van der Waals surface area contributed by atoms with Crippen molar-refractivity contribution in [3.63, 3.8) is 0 Å². The number of rotatable bonds is 9. The number of carbonyl (C=O) groups is 1. The van der Waals surface area contributed by atoms with E-state index in [0.29, 0.717) is 31.1 Å². The third-order valence-electron chi connectivity index (χ3n) is 5.38. The third kappa shape index (κ3) is 5.14. The first-order chi connectivity index (χ1) is 14.8. The van der Waals surface area contributed by atoms with Crippen LogP contribution >= 0.6 is 0 Å². The zero-order valence-corrected chi connectivity index (χ0v) is 19.3. The summed E-state index contributed by atoms with van der Waals surface area (Å²) in [6.45, 7) is 9.18. The molecule has 0 saturated heterocycles. The Morgan fingerprint density at radius 1 is 1.10 bits per heavy atom. The molecule has 0 bridgehead atoms. The smallest absolute Gasteiger partial charge is 0.243 e. The van der Waals surface area contributed by atoms with Crippen LogP contribution in [0.1, 0.15) is 45.6 Å². The molecule has 7 nitrogen and oxygen atoms in total. The highest BCUT2D eigenvalue weighted by Crippen LogP contribution is 2.22. The van der Waals surface area contributed by atoms with Crippen molar-refractivity contribution in [2.24, 2.45) is 0 Å². The molecule has 8 heteroatoms. The highest BCUT2D eigenvalue weighted by atomic mass is 32.2. The molecule has 0 saturated carbocycles. The van der Waals surface area contributed by atoms with Crippen LogP contribution in [0, 0.1) is 0 Å². The van der Waals surface area contributed by atoms with Crippen molar-refractivity contribution in [3.05, 3.63) is 54.4 Å². The maximum atomic E-state index is 12.7. The Bertz CT molecular complexity index is 1150. The SMILES string of the molecule is CCN(CC)S(=O)(=O)c1ccc2c(c1)ncn2CCC(=O)Nc1ccc(C(C)C)cc1. The van der Waals surface area contributed by atoms with E-state index in [9.17, 15) is 13.2 Å². The molecule has 31 heavy (non-hydrogen) atoms. The average Bonchev–Trinajstić information content (AvgIpc) is 3.15. The summed E-state index contributed by atoms with van der Waals surface area (Å²) in [5, 5.41) is 2.92. The molecule has 3 aromatic rings. The number of hydrogen-bond acceptors (Lipinski definition) is 4. The molecule has 0 unspecified atom stereocenters. The van der Waals surface area contributed by atoms with E-state index in [1.165, 1.54) is 9.87 Å². The van der Waals surface area contributed by atoms with E-state index in [0.717, 1.165) is 11.2 Å². The van der Waals surface area contributed by atoms with E-state index in [1.54, 1.807) is 24.5 Å². The van der Waals surface area contributed by atoms with E-state index in [4.69, 9.17) is 0 Å². The van der Waals surface area contributed by atoms with Crippen molar-refractivity contribution in [3.8, 4) is 0 Å². The Balaban J connectivity index is 1.68. The van der Waals surface area contributed by atoms with E-state index in [2.05, 4.69) is 24.1 Å². The lowest BCUT2D eigenvalue weighted by Gasteiger charge is -2.18. The number of sulfonamides is 1. The first-order valence-electron chi connectivity index (χ1n) is 10.6. The summed E-state index contributed by atoms with van der Waals surface area (Å²) in [6.07, 6.45) is 1.93. The third-order valence-corrected chi connectivity index (χ3v) is 7.42. The molecule has 3 rings (SSSR count). The molecule has 1 heterocycles. The number of nitrogens with one attached hydrogen (secondary N) is 1. The van der Waals surface area contributed by atoms with Gasteiger partial charge in [-0.1, -0.05) is 39.8 Å². The van der Waals surface area contributed by atoms with Gasteiger partial charge < -0.3 is 9.88 Å². The van der Waals surface area contributed by atoms with Crippen LogP contribution in [-0.2, 0) is 21.4 Å². The van der Waals surface area contributed by atoms with Crippen LogP contribution in [0.3, 0.4) is 0 Å². The van der Waals surface area contributed by atoms with Crippen LogP contribution in [-0.4, -0.2) is 41.3 Å². The van der Waals surface area contributed by atoms with E-state index in [-0.39, 0.29) is 17.2 Å². The molecular weight excluding hydrogens is 412 g/mol. The zero-order chi connectivity index (χ0) is 22.6. The van der Waals surface area contributed by atoms with Gasteiger partial charge in [0.2, 0.25) is 15.9 Å². The number of anilines is 1. The van der Waals surface area contributed by atoms with Crippen molar-refractivity contribution in [1.82, 2.24) is 13.9 Å². The summed E-state index contributed by atoms with van der Waals surface area (Å²) < 4.78 is 28.7. The zero-order valence-electron chi connectivity index (χ0n) is 18.5. The standard InChI is InChI=1S/C23H30N4O3S/c1-5-27(6-2)31(29,30)20-11-12-22-21(15-20)24-16-26(22)14-13-23(28)25-19-9-7-18(8-10-19)17(3)4/h7-12,15-17H,5-6,13-14H2,1-4H3,(H,25,28). The topological polar surface area (TPSA) is 84.3 Å². The number of hydrogen-bond donors (Lipinski definition) is 1. The minimum absolute atomic E-state index is 0.0834. The van der Waals surface area contributed by atoms with Crippen LogP contribution in [0.2, 0.25) is 0 Å². The normalized spacial score (nSPS) is 12.1. The fourth-order valence-electron chi connectivity index (χ4n) is 3.49. The molecule has 0 aliphatic heterocycles. The number of carbonyl (C=O) groups excluding carboxylic acids is 1. The Labute approximate surface area is 184 Å². The van der Waals surface area contributed by atoms with Gasteiger partial charge in [-0.15, -0.1) is 0 Å². The minimum atomic E-state index is -3.53. The molecule has 1 aromatic heterocycles. The fraction of sp³-hybridized carbons (Fsp3) is 0.391. The molecule has 0 aliphatic rings. The summed E-state index contributed by atoms with van der Waals surface area (Å²) >= 11 is 0. The monoisotopic (exact) mass is 442 g/mol. The highest BCUT2D eigenvalue weighted by molar-refractivity contribution is 7.89. The van der Waals surface area contributed by atoms with Gasteiger partial charge in [0.1, 0.15) is 0 Å². The lowest BCUT2D eigenvalue weighted by Crippen LogP contribution is -2.30. The van der Waals surface area contributed by atoms with Crippen LogP contribution < -0.4 is 5.32 Å². The summed E-state index contributed by atoms with van der Waals surface area (Å²) in [6, 6.07) is 12.8. The van der Waals surface area contributed by atoms with Crippen LogP contribution in [0.4, 0.5) is 5.69 Å². The maximum Gasteiger partial charge on any atom is 0.243 e. The number of aryl methyl sites for hydroxylation is 1. The molecule has 1 N–H and O–H groups in total. The number of amides is 1. The summed E-state index contributed by atoms with van der Waals surface area (Å²) in [7, 11) is -3.53. The second-order valence-corrected chi connectivity index (χ2v) is 9.69. The number of imidazole rings is 1. The number of nitrogens with zero attached hydrogens (tertiary/aromatic N) is 3. The maximum absolute atomic E-state index is 12.7. The number of fused-ring (bicyclic) bond motifs is 1. The van der Waals surface area contributed by atoms with Gasteiger partial charge in [-0.05, 0) is 41.8 Å². The molecule has 0 aliphatic carbocycles. The van der Waals surface area contributed by atoms with Gasteiger partial charge in [-0.2, -0.15) is 4.31 Å². The summed E-state index contributed by atoms with van der Waals surface area (Å²) in [5.41, 5.74) is 3.40. The number of benzene rings is 2. The van der Waals surface area contributed by atoms with Crippen molar-refractivity contribution in [1.29, 1.82) is 0 Å². The predicted octanol–water partition coefficient (Wildman–Crippen LogP) is 4.22. The highest BCUT2D eigenvalue weighted by Gasteiger charge is 2.22. The Kier molecular flexibility index (Phi) is 7.12. The molecule has 0 fully saturated rings. The van der Waals surface area contributed by atoms with Gasteiger partial charge in [0.25, 0.3) is 0 Å². The van der Waals surface area contributed by atoms with Gasteiger partial charge in [-0.25, -0.2) is 13.4 Å². The van der Waals surface area contributed by atoms with Crippen molar-refractivity contribution < 1.29 is 13.2 Å². The Morgan fingerprint density at radius 3 is 2.39 bits per heavy atom. The van der Waals surface area contributed by atoms with Crippen molar-refractivity contribution in [2.45, 2.75) is 51.5 Å². The lowest BCUT2D eigenvalue weighted by molar-refractivity contribution is -0.116. The van der Waals surface area contributed by atoms with Crippen LogP contribution in [0.5, 0.6) is 0 Å². The predicted molar refractivity (Wildman–Crippen MR) is 124 cm³/mol. The summed E-state index contributed by atoms with van der Waals surface area (Å²) in [5.74, 6) is 0.363. The molecule has 2 aromatic carbocycles. The van der Waals surface area contributed by atoms with Gasteiger partial charge in [-0.3, -0.25) is 4.79 Å². The van der Waals surface area contributed by atoms with Gasteiger partial charge in [0.15, 0.2) is 0 Å². The molecule has 0 spiro atoms. The second kappa shape index (κ2) is 9.62. The fourth-order valence-corrected chi connectivity index (χ4v) is 4.97. The van der Waals surface area contributed by atoms with E-state index in [1.807, 2.05) is 42.7 Å². The molecule has 1 amide bonds. The Morgan fingerprint density at radius 2 is 1.77 bits per heavy atom. The largest absolute Gasteiger partial charge is 0.330 e. The lowest BCUT2D eigenvalue weighted by atomic mass is 10.0. The van der Waals surface area contributed by atoms with E-state index >= 15 is 0 Å². The molecule has 166 valence electrons. The van der Waals surface area contributed by atoms with Crippen molar-refractivity contribution >= 4 is 32.7 Å². The average molecular weight is 443 g/mol. The van der Waals surface area contributed by atoms with Gasteiger partial charge in [0.05, 0.1) is 22.3 Å². The minimum Gasteiger partial charge on any atom is -0.330 e. The second-order valence-electron chi connectivity index (χ2n) is 7.75. The summed E-state index contributed by atoms with van der Waals surface area (Å²) in [4.78, 5) is 16.9. The first-order valence-corrected chi connectivity index (χ1v) is 12.0. The molecule has 0 radical (unpaired) electrons. The van der Waals surface area contributed by atoms with Crippen LogP contribution in [0.15, 0.2) is 53.7 Å². The van der Waals surface area contributed by atoms with Crippen LogP contribution in [0.25, 0.3) is 11.0 Å². The van der Waals surface area contributed by atoms with Gasteiger partial charge >= 0.3 is 0 Å². The van der Waals surface area contributed by atoms with Gasteiger partial charge in [0, 0.05) is 31.7 Å². The first kappa shape index (κ1) is 23.0.